The van der Waals surface area contributed by atoms with Crippen molar-refractivity contribution >= 4 is 27.0 Å². The summed E-state index contributed by atoms with van der Waals surface area (Å²) in [5.41, 5.74) is 2.81. The first-order valence-electron chi connectivity index (χ1n) is 4.62. The number of hydrogen-bond donors (Lipinski definition) is 0. The van der Waals surface area contributed by atoms with Crippen molar-refractivity contribution < 1.29 is 0 Å². The molecule has 14 heavy (non-hydrogen) atoms. The molecule has 0 bridgehead atoms. The Bertz CT molecular complexity index is 492. The van der Waals surface area contributed by atoms with Crippen LogP contribution in [0.5, 0.6) is 0 Å². The molecule has 0 nitrogen and oxygen atoms in total. The van der Waals surface area contributed by atoms with Crippen molar-refractivity contribution in [3.63, 3.8) is 0 Å². The average molecular weight is 177 g/mol. The van der Waals surface area contributed by atoms with E-state index in [0.717, 1.165) is 6.42 Å². The first-order valence-corrected chi connectivity index (χ1v) is 4.62. The normalized spacial score (nSPS) is 12.6. The molecule has 1 heteroatoms. The van der Waals surface area contributed by atoms with Crippen molar-refractivity contribution in [3.8, 4) is 0 Å². The van der Waals surface area contributed by atoms with Crippen LogP contribution in [-0.2, 0) is 6.42 Å². The van der Waals surface area contributed by atoms with Crippen molar-refractivity contribution in [2.45, 2.75) is 6.42 Å². The summed E-state index contributed by atoms with van der Waals surface area (Å²) >= 11 is 0. The third kappa shape index (κ3) is 1.20. The van der Waals surface area contributed by atoms with Crippen molar-refractivity contribution in [1.82, 2.24) is 0 Å². The SMILES string of the molecule is C1=Cc2cccc3cccc(c23)C1.[BeH2]. The second-order valence-electron chi connectivity index (χ2n) is 3.47. The van der Waals surface area contributed by atoms with Crippen LogP contribution in [0.2, 0.25) is 0 Å². The molecule has 0 aromatic heterocycles. The Morgan fingerprint density at radius 1 is 0.929 bits per heavy atom. The molecule has 2 aromatic carbocycles. The van der Waals surface area contributed by atoms with Crippen molar-refractivity contribution in [3.05, 3.63) is 53.6 Å². The van der Waals surface area contributed by atoms with Crippen molar-refractivity contribution in [2.75, 3.05) is 0 Å². The summed E-state index contributed by atoms with van der Waals surface area (Å²) in [4.78, 5) is 0. The van der Waals surface area contributed by atoms with Gasteiger partial charge in [0.1, 0.15) is 0 Å². The van der Waals surface area contributed by atoms with Gasteiger partial charge >= 0.3 is 10.1 Å². The number of allylic oxidation sites excluding steroid dienone is 1. The molecule has 0 fully saturated rings. The molecule has 3 rings (SSSR count). The molecular weight excluding hydrogens is 165 g/mol. The maximum atomic E-state index is 2.23. The zero-order valence-corrected chi connectivity index (χ0v) is 7.33. The predicted octanol–water partition coefficient (Wildman–Crippen LogP) is 2.49. The second-order valence-corrected chi connectivity index (χ2v) is 3.47. The van der Waals surface area contributed by atoms with E-state index in [9.17, 15) is 0 Å². The van der Waals surface area contributed by atoms with Crippen LogP contribution in [0.25, 0.3) is 16.8 Å². The van der Waals surface area contributed by atoms with Gasteiger partial charge in [-0.1, -0.05) is 48.6 Å². The summed E-state index contributed by atoms with van der Waals surface area (Å²) in [5.74, 6) is 0. The van der Waals surface area contributed by atoms with E-state index in [-0.39, 0.29) is 10.1 Å². The zero-order chi connectivity index (χ0) is 8.67. The van der Waals surface area contributed by atoms with Crippen LogP contribution in [0, 0.1) is 0 Å². The minimum absolute atomic E-state index is 0. The Labute approximate surface area is 87.5 Å². The molecule has 0 unspecified atom stereocenters. The molecule has 0 saturated heterocycles. The van der Waals surface area contributed by atoms with Crippen LogP contribution in [0.3, 0.4) is 0 Å². The topological polar surface area (TPSA) is 0 Å². The monoisotopic (exact) mass is 177 g/mol. The Hall–Kier alpha value is -1.39. The van der Waals surface area contributed by atoms with Gasteiger partial charge in [0.25, 0.3) is 0 Å². The number of benzene rings is 2. The fourth-order valence-corrected chi connectivity index (χ4v) is 2.07. The predicted molar refractivity (Wildman–Crippen MR) is 65.2 cm³/mol. The van der Waals surface area contributed by atoms with E-state index in [4.69, 9.17) is 0 Å². The third-order valence-electron chi connectivity index (χ3n) is 2.66. The van der Waals surface area contributed by atoms with E-state index in [1.807, 2.05) is 0 Å². The van der Waals surface area contributed by atoms with E-state index in [1.165, 1.54) is 21.9 Å². The van der Waals surface area contributed by atoms with Crippen LogP contribution in [0.1, 0.15) is 11.1 Å². The average Bonchev–Trinajstić information content (AvgIpc) is 2.19. The summed E-state index contributed by atoms with van der Waals surface area (Å²) < 4.78 is 0. The van der Waals surface area contributed by atoms with Crippen LogP contribution < -0.4 is 0 Å². The molecule has 0 radical (unpaired) electrons. The third-order valence-corrected chi connectivity index (χ3v) is 2.66. The molecule has 66 valence electrons. The molecule has 0 heterocycles. The second kappa shape index (κ2) is 3.40. The van der Waals surface area contributed by atoms with Gasteiger partial charge in [-0.3, -0.25) is 0 Å². The van der Waals surface area contributed by atoms with E-state index in [0.29, 0.717) is 0 Å². The Balaban J connectivity index is 0.000000750. The van der Waals surface area contributed by atoms with E-state index in [2.05, 4.69) is 48.6 Å². The van der Waals surface area contributed by atoms with E-state index in [1.54, 1.807) is 0 Å². The van der Waals surface area contributed by atoms with Gasteiger partial charge in [0.2, 0.25) is 0 Å². The first-order chi connectivity index (χ1) is 6.45. The Kier molecular flexibility index (Phi) is 2.23. The number of hydrogen-bond acceptors (Lipinski definition) is 0. The molecule has 1 aliphatic carbocycles. The molecule has 0 amide bonds. The molecule has 1 aliphatic rings. The van der Waals surface area contributed by atoms with Crippen LogP contribution in [-0.4, -0.2) is 10.1 Å². The van der Waals surface area contributed by atoms with Crippen LogP contribution >= 0.6 is 0 Å². The Morgan fingerprint density at radius 2 is 1.71 bits per heavy atom. The van der Waals surface area contributed by atoms with Gasteiger partial charge in [-0.15, -0.1) is 0 Å². The fraction of sp³-hybridized carbons (Fsp3) is 0.0769. The van der Waals surface area contributed by atoms with Crippen LogP contribution in [0.15, 0.2) is 42.5 Å². The van der Waals surface area contributed by atoms with Gasteiger partial charge in [-0.25, -0.2) is 0 Å². The van der Waals surface area contributed by atoms with Crippen molar-refractivity contribution in [1.29, 1.82) is 0 Å². The molecule has 0 saturated carbocycles. The van der Waals surface area contributed by atoms with Crippen molar-refractivity contribution in [2.24, 2.45) is 0 Å². The van der Waals surface area contributed by atoms with Gasteiger partial charge in [0.05, 0.1) is 0 Å². The quantitative estimate of drug-likeness (QED) is 0.542. The maximum absolute atomic E-state index is 2.23. The van der Waals surface area contributed by atoms with Crippen LogP contribution in [0.4, 0.5) is 0 Å². The molecular formula is C13H12Be. The first kappa shape index (κ1) is 9.18. The van der Waals surface area contributed by atoms with Gasteiger partial charge < -0.3 is 0 Å². The summed E-state index contributed by atoms with van der Waals surface area (Å²) in [7, 11) is 0. The van der Waals surface area contributed by atoms with Gasteiger partial charge in [0, 0.05) is 0 Å². The zero-order valence-electron chi connectivity index (χ0n) is 7.33. The standard InChI is InChI=1S/C13H10.Be.2H/c1-4-10-6-2-8-12-9-3-7-11(5-1)13(10)12;;;/h1-8H,9H2;;;. The van der Waals surface area contributed by atoms with Gasteiger partial charge in [-0.05, 0) is 28.3 Å². The fourth-order valence-electron chi connectivity index (χ4n) is 2.07. The van der Waals surface area contributed by atoms with Gasteiger partial charge in [-0.2, -0.15) is 0 Å². The molecule has 0 spiro atoms. The molecule has 0 atom stereocenters. The summed E-state index contributed by atoms with van der Waals surface area (Å²) in [5, 5.41) is 2.80. The molecule has 0 aliphatic heterocycles. The molecule has 2 aromatic rings. The van der Waals surface area contributed by atoms with E-state index < -0.39 is 0 Å². The summed E-state index contributed by atoms with van der Waals surface area (Å²) in [6, 6.07) is 13.0. The van der Waals surface area contributed by atoms with E-state index >= 15 is 0 Å². The molecule has 0 N–H and O–H groups in total. The van der Waals surface area contributed by atoms with Gasteiger partial charge in [0.15, 0.2) is 0 Å². The minimum atomic E-state index is 0. The summed E-state index contributed by atoms with van der Waals surface area (Å²) in [6.07, 6.45) is 5.53. The Morgan fingerprint density at radius 3 is 2.57 bits per heavy atom. The number of rotatable bonds is 0. The summed E-state index contributed by atoms with van der Waals surface area (Å²) in [6.45, 7) is 0.